The van der Waals surface area contributed by atoms with Crippen LogP contribution in [0.1, 0.15) is 49.4 Å². The van der Waals surface area contributed by atoms with Gasteiger partial charge in [0.1, 0.15) is 0 Å². The summed E-state index contributed by atoms with van der Waals surface area (Å²) in [6.45, 7) is 12.1. The maximum Gasteiger partial charge on any atom is 0.0449 e. The fraction of sp³-hybridized carbons (Fsp3) is 0.647. The van der Waals surface area contributed by atoms with E-state index in [9.17, 15) is 0 Å². The van der Waals surface area contributed by atoms with Crippen LogP contribution in [0.15, 0.2) is 18.2 Å². The molecule has 0 heterocycles. The lowest BCUT2D eigenvalue weighted by atomic mass is 10.0. The molecule has 0 fully saturated rings. The second-order valence-electron chi connectivity index (χ2n) is 5.65. The summed E-state index contributed by atoms with van der Waals surface area (Å²) < 4.78 is 0. The van der Waals surface area contributed by atoms with Crippen LogP contribution < -0.4 is 5.32 Å². The molecule has 0 aliphatic carbocycles. The van der Waals surface area contributed by atoms with Crippen LogP contribution >= 0.6 is 0 Å². The Morgan fingerprint density at radius 2 is 1.74 bits per heavy atom. The van der Waals surface area contributed by atoms with E-state index in [4.69, 9.17) is 0 Å². The Balaban J connectivity index is 2.75. The topological polar surface area (TPSA) is 15.3 Å². The van der Waals surface area contributed by atoms with E-state index in [0.717, 1.165) is 13.1 Å². The number of aryl methyl sites for hydroxylation is 2. The minimum Gasteiger partial charge on any atom is -0.309 e. The summed E-state index contributed by atoms with van der Waals surface area (Å²) in [7, 11) is 2.22. The minimum atomic E-state index is 0.436. The van der Waals surface area contributed by atoms with Crippen LogP contribution in [0.4, 0.5) is 0 Å². The quantitative estimate of drug-likeness (QED) is 0.768. The number of nitrogens with zero attached hydrogens (tertiary/aromatic N) is 1. The summed E-state index contributed by atoms with van der Waals surface area (Å²) in [5.41, 5.74) is 4.13. The maximum absolute atomic E-state index is 3.62. The summed E-state index contributed by atoms with van der Waals surface area (Å²) >= 11 is 0. The first-order chi connectivity index (χ1) is 9.06. The fourth-order valence-corrected chi connectivity index (χ4v) is 2.58. The van der Waals surface area contributed by atoms with Crippen molar-refractivity contribution in [3.05, 3.63) is 34.9 Å². The van der Waals surface area contributed by atoms with E-state index in [2.05, 4.69) is 63.2 Å². The number of hydrogen-bond acceptors (Lipinski definition) is 2. The van der Waals surface area contributed by atoms with Crippen molar-refractivity contribution in [2.75, 3.05) is 26.7 Å². The minimum absolute atomic E-state index is 0.436. The predicted molar refractivity (Wildman–Crippen MR) is 84.7 cm³/mol. The molecule has 0 amide bonds. The molecule has 0 saturated carbocycles. The summed E-state index contributed by atoms with van der Waals surface area (Å²) in [5, 5.41) is 3.62. The van der Waals surface area contributed by atoms with E-state index in [-0.39, 0.29) is 0 Å². The maximum atomic E-state index is 3.62. The van der Waals surface area contributed by atoms with Crippen LogP contribution in [0.2, 0.25) is 0 Å². The molecule has 1 N–H and O–H groups in total. The molecule has 1 rings (SSSR count). The summed E-state index contributed by atoms with van der Waals surface area (Å²) in [6.07, 6.45) is 2.54. The van der Waals surface area contributed by atoms with Crippen LogP contribution in [-0.4, -0.2) is 31.6 Å². The lowest BCUT2D eigenvalue weighted by Crippen LogP contribution is -2.33. The molecule has 0 aliphatic rings. The number of nitrogens with one attached hydrogen (secondary N) is 1. The van der Waals surface area contributed by atoms with Gasteiger partial charge in [0.05, 0.1) is 0 Å². The Bertz CT molecular complexity index is 353. The SMILES string of the molecule is CCCCN(C)CC(NCC)c1cc(C)cc(C)c1. The first-order valence-corrected chi connectivity index (χ1v) is 7.57. The summed E-state index contributed by atoms with van der Waals surface area (Å²) in [5.74, 6) is 0. The van der Waals surface area contributed by atoms with Crippen molar-refractivity contribution >= 4 is 0 Å². The second kappa shape index (κ2) is 8.34. The van der Waals surface area contributed by atoms with Gasteiger partial charge in [0.25, 0.3) is 0 Å². The van der Waals surface area contributed by atoms with Gasteiger partial charge in [-0.1, -0.05) is 49.6 Å². The normalized spacial score (nSPS) is 12.9. The van der Waals surface area contributed by atoms with Crippen molar-refractivity contribution < 1.29 is 0 Å². The molecule has 108 valence electrons. The zero-order chi connectivity index (χ0) is 14.3. The Kier molecular flexibility index (Phi) is 7.11. The second-order valence-corrected chi connectivity index (χ2v) is 5.65. The van der Waals surface area contributed by atoms with Gasteiger partial charge in [-0.25, -0.2) is 0 Å². The van der Waals surface area contributed by atoms with Crippen molar-refractivity contribution in [3.8, 4) is 0 Å². The van der Waals surface area contributed by atoms with Gasteiger partial charge in [-0.3, -0.25) is 0 Å². The van der Waals surface area contributed by atoms with Gasteiger partial charge < -0.3 is 10.2 Å². The predicted octanol–water partition coefficient (Wildman–Crippen LogP) is 3.69. The van der Waals surface area contributed by atoms with Crippen molar-refractivity contribution in [3.63, 3.8) is 0 Å². The van der Waals surface area contributed by atoms with E-state index in [1.165, 1.54) is 36.1 Å². The Morgan fingerprint density at radius 3 is 2.26 bits per heavy atom. The molecule has 1 aromatic rings. The summed E-state index contributed by atoms with van der Waals surface area (Å²) in [4.78, 5) is 2.44. The molecule has 1 aromatic carbocycles. The molecule has 2 nitrogen and oxygen atoms in total. The zero-order valence-electron chi connectivity index (χ0n) is 13.3. The highest BCUT2D eigenvalue weighted by atomic mass is 15.1. The third-order valence-corrected chi connectivity index (χ3v) is 3.48. The van der Waals surface area contributed by atoms with Gasteiger partial charge in [0.2, 0.25) is 0 Å². The Hall–Kier alpha value is -0.860. The number of likely N-dealkylation sites (N-methyl/N-ethyl adjacent to an activating group) is 2. The van der Waals surface area contributed by atoms with E-state index < -0.39 is 0 Å². The lowest BCUT2D eigenvalue weighted by Gasteiger charge is -2.25. The standard InChI is InChI=1S/C17H30N2/c1-6-8-9-19(5)13-17(18-7-2)16-11-14(3)10-15(4)12-16/h10-12,17-18H,6-9,13H2,1-5H3. The largest absolute Gasteiger partial charge is 0.309 e. The van der Waals surface area contributed by atoms with Gasteiger partial charge in [-0.15, -0.1) is 0 Å². The number of rotatable bonds is 8. The molecule has 2 heteroatoms. The third kappa shape index (κ3) is 5.75. The molecule has 19 heavy (non-hydrogen) atoms. The Labute approximate surface area is 119 Å². The van der Waals surface area contributed by atoms with Gasteiger partial charge >= 0.3 is 0 Å². The molecular formula is C17H30N2. The molecule has 0 aliphatic heterocycles. The van der Waals surface area contributed by atoms with Crippen LogP contribution in [0.3, 0.4) is 0 Å². The molecule has 0 spiro atoms. The van der Waals surface area contributed by atoms with Crippen LogP contribution in [0, 0.1) is 13.8 Å². The first-order valence-electron chi connectivity index (χ1n) is 7.57. The van der Waals surface area contributed by atoms with Crippen molar-refractivity contribution in [1.82, 2.24) is 10.2 Å². The number of hydrogen-bond donors (Lipinski definition) is 1. The average molecular weight is 262 g/mol. The van der Waals surface area contributed by atoms with Crippen LogP contribution in [0.5, 0.6) is 0 Å². The Morgan fingerprint density at radius 1 is 1.11 bits per heavy atom. The zero-order valence-corrected chi connectivity index (χ0v) is 13.3. The summed E-state index contributed by atoms with van der Waals surface area (Å²) in [6, 6.07) is 7.31. The van der Waals surface area contributed by atoms with Gasteiger partial charge in [-0.05, 0) is 46.0 Å². The van der Waals surface area contributed by atoms with Crippen LogP contribution in [0.25, 0.3) is 0 Å². The molecule has 0 saturated heterocycles. The molecule has 1 unspecified atom stereocenters. The fourth-order valence-electron chi connectivity index (χ4n) is 2.58. The van der Waals surface area contributed by atoms with E-state index >= 15 is 0 Å². The van der Waals surface area contributed by atoms with E-state index in [1.54, 1.807) is 0 Å². The lowest BCUT2D eigenvalue weighted by molar-refractivity contribution is 0.288. The van der Waals surface area contributed by atoms with Crippen molar-refractivity contribution in [2.24, 2.45) is 0 Å². The smallest absolute Gasteiger partial charge is 0.0449 e. The van der Waals surface area contributed by atoms with E-state index in [1.807, 2.05) is 0 Å². The third-order valence-electron chi connectivity index (χ3n) is 3.48. The highest BCUT2D eigenvalue weighted by molar-refractivity contribution is 5.30. The van der Waals surface area contributed by atoms with E-state index in [0.29, 0.717) is 6.04 Å². The molecular weight excluding hydrogens is 232 g/mol. The molecule has 0 radical (unpaired) electrons. The molecule has 0 aromatic heterocycles. The van der Waals surface area contributed by atoms with Crippen molar-refractivity contribution in [1.29, 1.82) is 0 Å². The molecule has 1 atom stereocenters. The average Bonchev–Trinajstić information content (AvgIpc) is 2.34. The molecule has 0 bridgehead atoms. The highest BCUT2D eigenvalue weighted by Crippen LogP contribution is 2.18. The monoisotopic (exact) mass is 262 g/mol. The highest BCUT2D eigenvalue weighted by Gasteiger charge is 2.13. The van der Waals surface area contributed by atoms with Gasteiger partial charge in [0.15, 0.2) is 0 Å². The number of unbranched alkanes of at least 4 members (excludes halogenated alkanes) is 1. The van der Waals surface area contributed by atoms with Gasteiger partial charge in [-0.2, -0.15) is 0 Å². The number of benzene rings is 1. The van der Waals surface area contributed by atoms with Gasteiger partial charge in [0, 0.05) is 12.6 Å². The van der Waals surface area contributed by atoms with Crippen molar-refractivity contribution in [2.45, 2.75) is 46.6 Å². The first kappa shape index (κ1) is 16.2. The van der Waals surface area contributed by atoms with Crippen LogP contribution in [-0.2, 0) is 0 Å².